The Hall–Kier alpha value is -3.90. The molecule has 0 aromatic heterocycles. The number of hydrogen-bond donors (Lipinski definition) is 0. The van der Waals surface area contributed by atoms with Gasteiger partial charge in [0.15, 0.2) is 0 Å². The van der Waals surface area contributed by atoms with Gasteiger partial charge in [-0.1, -0.05) is 84.9 Å². The molecular formula is C38H32. The van der Waals surface area contributed by atoms with Gasteiger partial charge in [0, 0.05) is 0 Å². The van der Waals surface area contributed by atoms with Gasteiger partial charge < -0.3 is 0 Å². The highest BCUT2D eigenvalue weighted by Gasteiger charge is 2.17. The number of rotatable bonds is 2. The summed E-state index contributed by atoms with van der Waals surface area (Å²) < 4.78 is 0. The van der Waals surface area contributed by atoms with Crippen LogP contribution in [0.2, 0.25) is 0 Å². The van der Waals surface area contributed by atoms with Gasteiger partial charge >= 0.3 is 0 Å². The Labute approximate surface area is 224 Å². The van der Waals surface area contributed by atoms with Crippen LogP contribution in [0.25, 0.3) is 54.6 Å². The van der Waals surface area contributed by atoms with Crippen molar-refractivity contribution in [3.05, 3.63) is 119 Å². The van der Waals surface area contributed by atoms with Gasteiger partial charge in [-0.05, 0) is 140 Å². The van der Waals surface area contributed by atoms with Gasteiger partial charge in [-0.2, -0.15) is 0 Å². The van der Waals surface area contributed by atoms with Crippen molar-refractivity contribution in [2.24, 2.45) is 0 Å². The molecule has 2 aliphatic rings. The van der Waals surface area contributed by atoms with Gasteiger partial charge in [0.1, 0.15) is 0 Å². The first-order chi connectivity index (χ1) is 18.8. The maximum Gasteiger partial charge on any atom is -0.00259 e. The zero-order valence-electron chi connectivity index (χ0n) is 21.9. The van der Waals surface area contributed by atoms with Gasteiger partial charge in [0.25, 0.3) is 0 Å². The maximum atomic E-state index is 2.48. The van der Waals surface area contributed by atoms with E-state index in [1.54, 1.807) is 22.3 Å². The lowest BCUT2D eigenvalue weighted by atomic mass is 9.84. The molecule has 0 radical (unpaired) electrons. The molecule has 0 fully saturated rings. The fourth-order valence-electron chi connectivity index (χ4n) is 7.26. The second kappa shape index (κ2) is 8.84. The van der Waals surface area contributed by atoms with Crippen LogP contribution in [0.15, 0.2) is 97.1 Å². The Morgan fingerprint density at radius 1 is 0.368 bits per heavy atom. The smallest absolute Gasteiger partial charge is 0.00259 e. The lowest BCUT2D eigenvalue weighted by Gasteiger charge is -2.20. The van der Waals surface area contributed by atoms with Crippen LogP contribution in [-0.2, 0) is 25.7 Å². The zero-order chi connectivity index (χ0) is 25.1. The predicted molar refractivity (Wildman–Crippen MR) is 163 cm³/mol. The first-order valence-electron chi connectivity index (χ1n) is 14.4. The molecule has 0 heteroatoms. The number of aryl methyl sites for hydroxylation is 4. The minimum absolute atomic E-state index is 1.21. The van der Waals surface area contributed by atoms with E-state index in [1.165, 1.54) is 106 Å². The van der Waals surface area contributed by atoms with Crippen molar-refractivity contribution in [2.45, 2.75) is 51.4 Å². The highest BCUT2D eigenvalue weighted by molar-refractivity contribution is 6.25. The van der Waals surface area contributed by atoms with Crippen molar-refractivity contribution in [1.82, 2.24) is 0 Å². The van der Waals surface area contributed by atoms with E-state index in [2.05, 4.69) is 97.1 Å². The van der Waals surface area contributed by atoms with Crippen LogP contribution in [-0.4, -0.2) is 0 Å². The van der Waals surface area contributed by atoms with Gasteiger partial charge in [0.2, 0.25) is 0 Å². The van der Waals surface area contributed by atoms with E-state index in [9.17, 15) is 0 Å². The predicted octanol–water partition coefficient (Wildman–Crippen LogP) is 10.2. The van der Waals surface area contributed by atoms with Crippen molar-refractivity contribution in [3.63, 3.8) is 0 Å². The third-order valence-corrected chi connectivity index (χ3v) is 9.18. The molecule has 0 heterocycles. The van der Waals surface area contributed by atoms with Crippen LogP contribution in [0.3, 0.4) is 0 Å². The molecule has 0 aliphatic heterocycles. The Balaban J connectivity index is 1.43. The molecule has 0 amide bonds. The first-order valence-corrected chi connectivity index (χ1v) is 14.4. The molecule has 38 heavy (non-hydrogen) atoms. The minimum atomic E-state index is 1.21. The van der Waals surface area contributed by atoms with Crippen molar-refractivity contribution < 1.29 is 0 Å². The van der Waals surface area contributed by atoms with Crippen LogP contribution in [0.1, 0.15) is 47.9 Å². The summed E-state index contributed by atoms with van der Waals surface area (Å²) >= 11 is 0. The maximum absolute atomic E-state index is 2.48. The topological polar surface area (TPSA) is 0 Å². The summed E-state index contributed by atoms with van der Waals surface area (Å²) in [4.78, 5) is 0. The van der Waals surface area contributed by atoms with E-state index in [0.29, 0.717) is 0 Å². The van der Waals surface area contributed by atoms with Crippen LogP contribution < -0.4 is 0 Å². The fourth-order valence-corrected chi connectivity index (χ4v) is 7.26. The van der Waals surface area contributed by atoms with Crippen LogP contribution in [0.5, 0.6) is 0 Å². The quantitative estimate of drug-likeness (QED) is 0.213. The molecule has 0 nitrogen and oxygen atoms in total. The normalized spacial score (nSPS) is 15.1. The third-order valence-electron chi connectivity index (χ3n) is 9.18. The molecule has 6 aromatic carbocycles. The number of fused-ring (bicyclic) bond motifs is 7. The van der Waals surface area contributed by atoms with Crippen LogP contribution >= 0.6 is 0 Å². The second-order valence-electron chi connectivity index (χ2n) is 11.4. The lowest BCUT2D eigenvalue weighted by molar-refractivity contribution is 0.686. The fraction of sp³-hybridized carbons (Fsp3) is 0.211. The monoisotopic (exact) mass is 488 g/mol. The molecule has 0 bridgehead atoms. The van der Waals surface area contributed by atoms with E-state index >= 15 is 0 Å². The Morgan fingerprint density at radius 3 is 1.26 bits per heavy atom. The summed E-state index contributed by atoms with van der Waals surface area (Å²) in [6, 6.07) is 37.5. The highest BCUT2D eigenvalue weighted by atomic mass is 14.2. The molecule has 0 unspecified atom stereocenters. The van der Waals surface area contributed by atoms with Crippen molar-refractivity contribution in [2.75, 3.05) is 0 Å². The van der Waals surface area contributed by atoms with E-state index < -0.39 is 0 Å². The Bertz CT molecular complexity index is 1740. The summed E-state index contributed by atoms with van der Waals surface area (Å²) in [7, 11) is 0. The summed E-state index contributed by atoms with van der Waals surface area (Å²) in [5.74, 6) is 0. The first kappa shape index (κ1) is 22.1. The van der Waals surface area contributed by atoms with E-state index in [4.69, 9.17) is 0 Å². The molecule has 0 saturated heterocycles. The molecule has 0 spiro atoms. The SMILES string of the molecule is c1ccc2c(c1)c(-c1ccc3c(c1)CCCC3)cc1cc(-c3ccc4c(c3)CCCC4)c3ccccc3c12. The second-order valence-corrected chi connectivity index (χ2v) is 11.4. The molecule has 6 aromatic rings. The van der Waals surface area contributed by atoms with Crippen molar-refractivity contribution >= 4 is 32.3 Å². The number of benzene rings is 6. The average molecular weight is 489 g/mol. The molecule has 184 valence electrons. The molecule has 8 rings (SSSR count). The summed E-state index contributed by atoms with van der Waals surface area (Å²) in [5, 5.41) is 8.11. The van der Waals surface area contributed by atoms with E-state index in [1.807, 2.05) is 0 Å². The highest BCUT2D eigenvalue weighted by Crippen LogP contribution is 2.43. The van der Waals surface area contributed by atoms with Gasteiger partial charge in [-0.25, -0.2) is 0 Å². The third kappa shape index (κ3) is 3.51. The van der Waals surface area contributed by atoms with Crippen LogP contribution in [0.4, 0.5) is 0 Å². The lowest BCUT2D eigenvalue weighted by Crippen LogP contribution is -2.02. The standard InChI is InChI=1S/C38H32/c1-3-11-27-21-29(19-17-25(27)9-1)36-23-31-24-37(30-20-18-26-10-2-4-12-28(26)22-30)33-14-6-8-16-35(33)38(31)34-15-7-5-13-32(34)36/h5-8,13-24H,1-4,9-12H2. The summed E-state index contributed by atoms with van der Waals surface area (Å²) in [5.41, 5.74) is 11.6. The minimum Gasteiger partial charge on any atom is -0.0616 e. The Kier molecular flexibility index (Phi) is 5.15. The summed E-state index contributed by atoms with van der Waals surface area (Å²) in [6.07, 6.45) is 10.1. The van der Waals surface area contributed by atoms with Gasteiger partial charge in [0.05, 0.1) is 0 Å². The van der Waals surface area contributed by atoms with Crippen molar-refractivity contribution in [1.29, 1.82) is 0 Å². The summed E-state index contributed by atoms with van der Waals surface area (Å²) in [6.45, 7) is 0. The molecular weight excluding hydrogens is 456 g/mol. The van der Waals surface area contributed by atoms with Gasteiger partial charge in [-0.3, -0.25) is 0 Å². The number of hydrogen-bond acceptors (Lipinski definition) is 0. The van der Waals surface area contributed by atoms with Crippen LogP contribution in [0, 0.1) is 0 Å². The van der Waals surface area contributed by atoms with E-state index in [-0.39, 0.29) is 0 Å². The molecule has 2 aliphatic carbocycles. The Morgan fingerprint density at radius 2 is 0.789 bits per heavy atom. The van der Waals surface area contributed by atoms with Crippen molar-refractivity contribution in [3.8, 4) is 22.3 Å². The van der Waals surface area contributed by atoms with Gasteiger partial charge in [-0.15, -0.1) is 0 Å². The molecule has 0 atom stereocenters. The van der Waals surface area contributed by atoms with E-state index in [0.717, 1.165) is 0 Å². The zero-order valence-corrected chi connectivity index (χ0v) is 21.9. The molecule has 0 N–H and O–H groups in total. The largest absolute Gasteiger partial charge is 0.0616 e. The average Bonchev–Trinajstić information content (AvgIpc) is 2.99. The molecule has 0 saturated carbocycles.